The van der Waals surface area contributed by atoms with Crippen LogP contribution in [-0.4, -0.2) is 29.6 Å². The fraction of sp³-hybridized carbons (Fsp3) is 0.412. The molecule has 0 aliphatic heterocycles. The maximum absolute atomic E-state index is 12.2. The number of ether oxygens (including phenoxy) is 2. The smallest absolute Gasteiger partial charge is 0.358 e. The van der Waals surface area contributed by atoms with Crippen molar-refractivity contribution in [2.45, 2.75) is 27.2 Å². The lowest BCUT2D eigenvalue weighted by Gasteiger charge is -2.04. The van der Waals surface area contributed by atoms with Gasteiger partial charge < -0.3 is 9.47 Å². The molecule has 0 amide bonds. The van der Waals surface area contributed by atoms with Crippen molar-refractivity contribution in [3.8, 4) is 16.3 Å². The summed E-state index contributed by atoms with van der Waals surface area (Å²) in [5.74, 6) is 0.0585. The van der Waals surface area contributed by atoms with E-state index in [2.05, 4.69) is 18.8 Å². The van der Waals surface area contributed by atoms with Gasteiger partial charge in [0, 0.05) is 16.5 Å². The molecule has 8 heteroatoms. The summed E-state index contributed by atoms with van der Waals surface area (Å²) < 4.78 is 10.2. The fourth-order valence-electron chi connectivity index (χ4n) is 2.30. The number of benzene rings is 1. The van der Waals surface area contributed by atoms with E-state index in [0.29, 0.717) is 28.6 Å². The molecule has 7 nitrogen and oxygen atoms in total. The molecule has 2 rings (SSSR count). The van der Waals surface area contributed by atoms with Gasteiger partial charge in [-0.05, 0) is 31.4 Å². The standard InChI is InChI=1S/C17H20N2O5S/c1-5-24-17(20)15-14(8-10(2)3)25-16(18-15)11-6-7-12(19(21)22)13(9-11)23-4/h6-7,9-10H,5,8H2,1-4H3. The largest absolute Gasteiger partial charge is 0.490 e. The van der Waals surface area contributed by atoms with Gasteiger partial charge in [-0.15, -0.1) is 11.3 Å². The van der Waals surface area contributed by atoms with Gasteiger partial charge in [0.1, 0.15) is 5.01 Å². The van der Waals surface area contributed by atoms with E-state index >= 15 is 0 Å². The second-order valence-electron chi connectivity index (χ2n) is 5.75. The second-order valence-corrected chi connectivity index (χ2v) is 6.84. The average molecular weight is 364 g/mol. The van der Waals surface area contributed by atoms with Gasteiger partial charge >= 0.3 is 11.7 Å². The van der Waals surface area contributed by atoms with Gasteiger partial charge in [-0.3, -0.25) is 10.1 Å². The van der Waals surface area contributed by atoms with Gasteiger partial charge in [0.25, 0.3) is 0 Å². The highest BCUT2D eigenvalue weighted by Crippen LogP contribution is 2.35. The number of carbonyl (C=O) groups excluding carboxylic acids is 1. The molecule has 0 aliphatic rings. The number of hydrogen-bond acceptors (Lipinski definition) is 7. The first-order chi connectivity index (χ1) is 11.9. The SMILES string of the molecule is CCOC(=O)c1nc(-c2ccc([N+](=O)[O-])c(OC)c2)sc1CC(C)C. The van der Waals surface area contributed by atoms with Crippen LogP contribution in [0.5, 0.6) is 5.75 Å². The van der Waals surface area contributed by atoms with Crippen molar-refractivity contribution >= 4 is 23.0 Å². The van der Waals surface area contributed by atoms with Crippen molar-refractivity contribution in [3.63, 3.8) is 0 Å². The maximum atomic E-state index is 12.2. The van der Waals surface area contributed by atoms with Crippen molar-refractivity contribution in [2.24, 2.45) is 5.92 Å². The number of carbonyl (C=O) groups is 1. The molecule has 25 heavy (non-hydrogen) atoms. The molecule has 1 heterocycles. The van der Waals surface area contributed by atoms with Crippen LogP contribution in [0.15, 0.2) is 18.2 Å². The van der Waals surface area contributed by atoms with Gasteiger partial charge in [-0.2, -0.15) is 0 Å². The third-order valence-electron chi connectivity index (χ3n) is 3.38. The number of rotatable bonds is 7. The summed E-state index contributed by atoms with van der Waals surface area (Å²) in [6.45, 7) is 6.14. The van der Waals surface area contributed by atoms with Crippen LogP contribution in [0.2, 0.25) is 0 Å². The molecule has 0 spiro atoms. The monoisotopic (exact) mass is 364 g/mol. The fourth-order valence-corrected chi connectivity index (χ4v) is 3.56. The van der Waals surface area contributed by atoms with E-state index in [4.69, 9.17) is 9.47 Å². The van der Waals surface area contributed by atoms with Gasteiger partial charge in [0.05, 0.1) is 18.6 Å². The lowest BCUT2D eigenvalue weighted by atomic mass is 10.1. The van der Waals surface area contributed by atoms with Crippen LogP contribution >= 0.6 is 11.3 Å². The molecule has 0 unspecified atom stereocenters. The Morgan fingerprint density at radius 2 is 2.12 bits per heavy atom. The molecule has 0 saturated heterocycles. The molecule has 1 aromatic heterocycles. The Balaban J connectivity index is 2.48. The van der Waals surface area contributed by atoms with Crippen LogP contribution in [0.4, 0.5) is 5.69 Å². The van der Waals surface area contributed by atoms with E-state index in [0.717, 1.165) is 4.88 Å². The molecule has 0 N–H and O–H groups in total. The van der Waals surface area contributed by atoms with Gasteiger partial charge in [-0.25, -0.2) is 9.78 Å². The Morgan fingerprint density at radius 1 is 1.40 bits per heavy atom. The van der Waals surface area contributed by atoms with E-state index < -0.39 is 10.9 Å². The third-order valence-corrected chi connectivity index (χ3v) is 4.51. The zero-order valence-corrected chi connectivity index (χ0v) is 15.4. The van der Waals surface area contributed by atoms with E-state index in [1.807, 2.05) is 0 Å². The first-order valence-electron chi connectivity index (χ1n) is 7.87. The quantitative estimate of drug-likeness (QED) is 0.417. The minimum absolute atomic E-state index is 0.115. The summed E-state index contributed by atoms with van der Waals surface area (Å²) >= 11 is 1.39. The number of thiazole rings is 1. The lowest BCUT2D eigenvalue weighted by molar-refractivity contribution is -0.385. The number of nitro groups is 1. The minimum atomic E-state index is -0.501. The highest BCUT2D eigenvalue weighted by molar-refractivity contribution is 7.15. The number of hydrogen-bond donors (Lipinski definition) is 0. The van der Waals surface area contributed by atoms with Crippen molar-refractivity contribution in [3.05, 3.63) is 38.9 Å². The van der Waals surface area contributed by atoms with Gasteiger partial charge in [0.15, 0.2) is 11.4 Å². The molecule has 2 aromatic rings. The molecule has 1 aromatic carbocycles. The summed E-state index contributed by atoms with van der Waals surface area (Å²) in [4.78, 5) is 28.0. The van der Waals surface area contributed by atoms with E-state index in [1.54, 1.807) is 19.1 Å². The Kier molecular flexibility index (Phi) is 6.08. The Morgan fingerprint density at radius 3 is 2.68 bits per heavy atom. The summed E-state index contributed by atoms with van der Waals surface area (Å²) in [5.41, 5.74) is 0.858. The van der Waals surface area contributed by atoms with Gasteiger partial charge in [0.2, 0.25) is 0 Å². The summed E-state index contributed by atoms with van der Waals surface area (Å²) in [6, 6.07) is 4.54. The van der Waals surface area contributed by atoms with Crippen molar-refractivity contribution in [1.29, 1.82) is 0 Å². The first kappa shape index (κ1) is 18.9. The van der Waals surface area contributed by atoms with E-state index in [1.165, 1.54) is 24.5 Å². The lowest BCUT2D eigenvalue weighted by Crippen LogP contribution is -2.08. The van der Waals surface area contributed by atoms with Crippen molar-refractivity contribution in [1.82, 2.24) is 4.98 Å². The molecular formula is C17H20N2O5S. The molecule has 0 aliphatic carbocycles. The second kappa shape index (κ2) is 8.06. The number of methoxy groups -OCH3 is 1. The zero-order valence-electron chi connectivity index (χ0n) is 14.6. The van der Waals surface area contributed by atoms with Crippen LogP contribution in [0.25, 0.3) is 10.6 Å². The van der Waals surface area contributed by atoms with E-state index in [-0.39, 0.29) is 18.0 Å². The highest BCUT2D eigenvalue weighted by Gasteiger charge is 2.22. The normalized spacial score (nSPS) is 10.8. The summed E-state index contributed by atoms with van der Waals surface area (Å²) in [7, 11) is 1.38. The zero-order chi connectivity index (χ0) is 18.6. The van der Waals surface area contributed by atoms with Crippen LogP contribution in [-0.2, 0) is 11.2 Å². The average Bonchev–Trinajstić information content (AvgIpc) is 2.97. The molecule has 0 bridgehead atoms. The maximum Gasteiger partial charge on any atom is 0.358 e. The molecule has 0 saturated carbocycles. The first-order valence-corrected chi connectivity index (χ1v) is 8.68. The third kappa shape index (κ3) is 4.33. The number of esters is 1. The predicted octanol–water partition coefficient (Wildman–Crippen LogP) is 4.10. The number of nitro benzene ring substituents is 1. The molecule has 134 valence electrons. The Hall–Kier alpha value is -2.48. The topological polar surface area (TPSA) is 91.6 Å². The van der Waals surface area contributed by atoms with Crippen molar-refractivity contribution in [2.75, 3.05) is 13.7 Å². The minimum Gasteiger partial charge on any atom is -0.490 e. The van der Waals surface area contributed by atoms with Crippen LogP contribution in [0, 0.1) is 16.0 Å². The molecule has 0 radical (unpaired) electrons. The van der Waals surface area contributed by atoms with Crippen molar-refractivity contribution < 1.29 is 19.2 Å². The Bertz CT molecular complexity index is 785. The van der Waals surface area contributed by atoms with Crippen LogP contribution in [0.1, 0.15) is 36.1 Å². The van der Waals surface area contributed by atoms with E-state index in [9.17, 15) is 14.9 Å². The highest BCUT2D eigenvalue weighted by atomic mass is 32.1. The number of nitrogens with zero attached hydrogens (tertiary/aromatic N) is 2. The Labute approximate surface area is 149 Å². The summed E-state index contributed by atoms with van der Waals surface area (Å²) in [5, 5.41) is 11.6. The van der Waals surface area contributed by atoms with Crippen LogP contribution in [0.3, 0.4) is 0 Å². The molecule has 0 fully saturated rings. The molecule has 0 atom stereocenters. The van der Waals surface area contributed by atoms with Crippen LogP contribution < -0.4 is 4.74 Å². The molecular weight excluding hydrogens is 344 g/mol. The summed E-state index contributed by atoms with van der Waals surface area (Å²) in [6.07, 6.45) is 0.704. The predicted molar refractivity (Wildman–Crippen MR) is 95.3 cm³/mol. The number of aromatic nitrogens is 1. The van der Waals surface area contributed by atoms with Gasteiger partial charge in [-0.1, -0.05) is 13.8 Å².